The van der Waals surface area contributed by atoms with Gasteiger partial charge in [-0.1, -0.05) is 23.2 Å². The van der Waals surface area contributed by atoms with Gasteiger partial charge >= 0.3 is 5.97 Å². The molecule has 1 aromatic heterocycles. The lowest BCUT2D eigenvalue weighted by molar-refractivity contribution is -0.146. The Morgan fingerprint density at radius 3 is 2.65 bits per heavy atom. The summed E-state index contributed by atoms with van der Waals surface area (Å²) in [4.78, 5) is 22.3. The lowest BCUT2D eigenvalue weighted by Crippen LogP contribution is -2.46. The van der Waals surface area contributed by atoms with Gasteiger partial charge in [0.2, 0.25) is 5.91 Å². The Bertz CT molecular complexity index is 512. The average Bonchev–Trinajstić information content (AvgIpc) is 2.61. The Hall–Kier alpha value is -0.780. The molecule has 1 aliphatic rings. The molecule has 1 aliphatic carbocycles. The van der Waals surface area contributed by atoms with Crippen LogP contribution in [0.1, 0.15) is 31.2 Å². The first-order valence-corrected chi connectivity index (χ1v) is 7.99. The predicted octanol–water partition coefficient (Wildman–Crippen LogP) is 3.36. The first-order chi connectivity index (χ1) is 9.45. The summed E-state index contributed by atoms with van der Waals surface area (Å²) < 4.78 is 1.34. The Morgan fingerprint density at radius 1 is 1.40 bits per heavy atom. The molecule has 0 aromatic carbocycles. The van der Waals surface area contributed by atoms with E-state index in [4.69, 9.17) is 28.3 Å². The molecule has 0 aliphatic heterocycles. The quantitative estimate of drug-likeness (QED) is 0.837. The van der Waals surface area contributed by atoms with Crippen LogP contribution in [-0.2, 0) is 16.0 Å². The largest absolute Gasteiger partial charge is 0.481 e. The van der Waals surface area contributed by atoms with Gasteiger partial charge in [-0.15, -0.1) is 11.3 Å². The second-order valence-electron chi connectivity index (χ2n) is 4.97. The zero-order chi connectivity index (χ0) is 14.7. The van der Waals surface area contributed by atoms with Crippen molar-refractivity contribution in [2.45, 2.75) is 38.1 Å². The molecule has 0 spiro atoms. The fourth-order valence-corrected chi connectivity index (χ4v) is 3.77. The smallest absolute Gasteiger partial charge is 0.306 e. The SMILES string of the molecule is O=C(CCCc1cc(Cl)sc1Cl)NC1CC(C(=O)O)C1. The molecule has 0 bridgehead atoms. The number of halogens is 2. The van der Waals surface area contributed by atoms with Crippen LogP contribution in [0.5, 0.6) is 0 Å². The third-order valence-corrected chi connectivity index (χ3v) is 5.00. The maximum absolute atomic E-state index is 11.7. The minimum Gasteiger partial charge on any atom is -0.481 e. The van der Waals surface area contributed by atoms with Crippen LogP contribution in [0.25, 0.3) is 0 Å². The summed E-state index contributed by atoms with van der Waals surface area (Å²) in [5, 5.41) is 11.6. The van der Waals surface area contributed by atoms with Gasteiger partial charge < -0.3 is 10.4 Å². The molecule has 1 heterocycles. The van der Waals surface area contributed by atoms with E-state index >= 15 is 0 Å². The minimum absolute atomic E-state index is 0.0165. The van der Waals surface area contributed by atoms with Crippen molar-refractivity contribution in [1.29, 1.82) is 0 Å². The molecule has 0 atom stereocenters. The van der Waals surface area contributed by atoms with E-state index in [1.807, 2.05) is 6.07 Å². The average molecular weight is 336 g/mol. The van der Waals surface area contributed by atoms with Crippen molar-refractivity contribution >= 4 is 46.4 Å². The molecule has 2 rings (SSSR count). The fraction of sp³-hybridized carbons (Fsp3) is 0.538. The summed E-state index contributed by atoms with van der Waals surface area (Å²) in [6.45, 7) is 0. The van der Waals surface area contributed by atoms with E-state index < -0.39 is 5.97 Å². The number of thiophene rings is 1. The van der Waals surface area contributed by atoms with E-state index in [1.54, 1.807) is 0 Å². The summed E-state index contributed by atoms with van der Waals surface area (Å²) in [6.07, 6.45) is 2.91. The van der Waals surface area contributed by atoms with Crippen LogP contribution in [0.3, 0.4) is 0 Å². The number of carboxylic acid groups (broad SMARTS) is 1. The van der Waals surface area contributed by atoms with E-state index in [1.165, 1.54) is 11.3 Å². The molecule has 0 saturated heterocycles. The van der Waals surface area contributed by atoms with Crippen molar-refractivity contribution in [1.82, 2.24) is 5.32 Å². The molecular weight excluding hydrogens is 321 g/mol. The van der Waals surface area contributed by atoms with Gasteiger partial charge in [0.15, 0.2) is 0 Å². The molecule has 4 nitrogen and oxygen atoms in total. The van der Waals surface area contributed by atoms with Gasteiger partial charge in [-0.2, -0.15) is 0 Å². The summed E-state index contributed by atoms with van der Waals surface area (Å²) in [5.74, 6) is -1.11. The monoisotopic (exact) mass is 335 g/mol. The predicted molar refractivity (Wildman–Crippen MR) is 79.6 cm³/mol. The van der Waals surface area contributed by atoms with Crippen LogP contribution < -0.4 is 5.32 Å². The van der Waals surface area contributed by atoms with Gasteiger partial charge in [0.1, 0.15) is 0 Å². The lowest BCUT2D eigenvalue weighted by atomic mass is 9.80. The van der Waals surface area contributed by atoms with Crippen molar-refractivity contribution in [3.05, 3.63) is 20.3 Å². The van der Waals surface area contributed by atoms with Crippen molar-refractivity contribution in [2.24, 2.45) is 5.92 Å². The van der Waals surface area contributed by atoms with Crippen molar-refractivity contribution in [2.75, 3.05) is 0 Å². The number of aryl methyl sites for hydroxylation is 1. The Balaban J connectivity index is 1.64. The number of carboxylic acids is 1. The van der Waals surface area contributed by atoms with Crippen molar-refractivity contribution in [3.63, 3.8) is 0 Å². The van der Waals surface area contributed by atoms with Crippen molar-refractivity contribution < 1.29 is 14.7 Å². The third kappa shape index (κ3) is 4.11. The van der Waals surface area contributed by atoms with Crippen LogP contribution in [0.2, 0.25) is 8.67 Å². The van der Waals surface area contributed by atoms with Gasteiger partial charge in [0.05, 0.1) is 14.6 Å². The highest BCUT2D eigenvalue weighted by Gasteiger charge is 2.34. The van der Waals surface area contributed by atoms with E-state index in [0.717, 1.165) is 12.0 Å². The summed E-state index contributed by atoms with van der Waals surface area (Å²) in [7, 11) is 0. The Labute approximate surface area is 131 Å². The van der Waals surface area contributed by atoms with Crippen molar-refractivity contribution in [3.8, 4) is 0 Å². The first-order valence-electron chi connectivity index (χ1n) is 6.41. The molecule has 2 N–H and O–H groups in total. The van der Waals surface area contributed by atoms with Crippen LogP contribution in [0, 0.1) is 5.92 Å². The first kappa shape index (κ1) is 15.6. The van der Waals surface area contributed by atoms with Crippen LogP contribution >= 0.6 is 34.5 Å². The molecule has 1 amide bonds. The Kier molecular flexibility index (Phi) is 5.29. The molecule has 1 aromatic rings. The number of carbonyl (C=O) groups excluding carboxylic acids is 1. The molecule has 20 heavy (non-hydrogen) atoms. The van der Waals surface area contributed by atoms with E-state index in [0.29, 0.717) is 34.4 Å². The highest BCUT2D eigenvalue weighted by molar-refractivity contribution is 7.20. The zero-order valence-electron chi connectivity index (χ0n) is 10.7. The molecule has 110 valence electrons. The van der Waals surface area contributed by atoms with E-state index in [2.05, 4.69) is 5.32 Å². The molecular formula is C13H15Cl2NO3S. The molecule has 1 saturated carbocycles. The molecule has 0 radical (unpaired) electrons. The third-order valence-electron chi connectivity index (χ3n) is 3.43. The van der Waals surface area contributed by atoms with E-state index in [9.17, 15) is 9.59 Å². The van der Waals surface area contributed by atoms with Crippen LogP contribution in [0.15, 0.2) is 6.07 Å². The summed E-state index contributed by atoms with van der Waals surface area (Å²) in [6, 6.07) is 1.85. The number of aliphatic carboxylic acids is 1. The number of hydrogen-bond donors (Lipinski definition) is 2. The van der Waals surface area contributed by atoms with Crippen LogP contribution in [0.4, 0.5) is 0 Å². The number of rotatable bonds is 6. The number of hydrogen-bond acceptors (Lipinski definition) is 3. The maximum Gasteiger partial charge on any atom is 0.306 e. The zero-order valence-corrected chi connectivity index (χ0v) is 13.0. The van der Waals surface area contributed by atoms with Gasteiger partial charge in [-0.05, 0) is 37.3 Å². The molecule has 7 heteroatoms. The van der Waals surface area contributed by atoms with Gasteiger partial charge in [0.25, 0.3) is 0 Å². The van der Waals surface area contributed by atoms with Gasteiger partial charge in [-0.25, -0.2) is 0 Å². The summed E-state index contributed by atoms with van der Waals surface area (Å²) in [5.41, 5.74) is 0.976. The highest BCUT2D eigenvalue weighted by Crippen LogP contribution is 2.32. The topological polar surface area (TPSA) is 66.4 Å². The van der Waals surface area contributed by atoms with Gasteiger partial charge in [-0.3, -0.25) is 9.59 Å². The normalized spacial score (nSPS) is 21.3. The molecule has 1 fully saturated rings. The second kappa shape index (κ2) is 6.78. The standard InChI is InChI=1S/C13H15Cl2NO3S/c14-10-6-7(12(15)20-10)2-1-3-11(17)16-9-4-8(5-9)13(18)19/h6,8-9H,1-5H2,(H,16,17)(H,18,19). The minimum atomic E-state index is -0.778. The highest BCUT2D eigenvalue weighted by atomic mass is 35.5. The summed E-state index contributed by atoms with van der Waals surface area (Å²) >= 11 is 13.2. The van der Waals surface area contributed by atoms with Gasteiger partial charge in [0, 0.05) is 12.5 Å². The number of carbonyl (C=O) groups is 2. The van der Waals surface area contributed by atoms with E-state index in [-0.39, 0.29) is 17.9 Å². The fourth-order valence-electron chi connectivity index (χ4n) is 2.22. The number of nitrogens with one attached hydrogen (secondary N) is 1. The Morgan fingerprint density at radius 2 is 2.10 bits per heavy atom. The molecule has 0 unspecified atom stereocenters. The van der Waals surface area contributed by atoms with Crippen LogP contribution in [-0.4, -0.2) is 23.0 Å². The second-order valence-corrected chi connectivity index (χ2v) is 7.26. The number of amides is 1. The maximum atomic E-state index is 11.7. The lowest BCUT2D eigenvalue weighted by Gasteiger charge is -2.32.